The number of amides is 1. The van der Waals surface area contributed by atoms with Gasteiger partial charge in [0.25, 0.3) is 0 Å². The second kappa shape index (κ2) is 12.1. The topological polar surface area (TPSA) is 66.0 Å². The summed E-state index contributed by atoms with van der Waals surface area (Å²) in [6.07, 6.45) is 8.71. The molecule has 1 unspecified atom stereocenters. The van der Waals surface area contributed by atoms with Crippen LogP contribution in [0.15, 0.2) is 22.5 Å². The number of thiophene rings is 1. The Kier molecular flexibility index (Phi) is 10.2. The van der Waals surface area contributed by atoms with E-state index in [4.69, 9.17) is 4.74 Å². The molecule has 0 bridgehead atoms. The average Bonchev–Trinajstić information content (AvgIpc) is 3.42. The van der Waals surface area contributed by atoms with E-state index < -0.39 is 0 Å². The molecule has 1 amide bonds. The van der Waals surface area contributed by atoms with Crippen LogP contribution >= 0.6 is 35.3 Å². The number of guanidine groups is 1. The number of hydrogen-bond acceptors (Lipinski definition) is 4. The summed E-state index contributed by atoms with van der Waals surface area (Å²) in [4.78, 5) is 19.6. The minimum atomic E-state index is 0. The van der Waals surface area contributed by atoms with E-state index in [1.807, 2.05) is 11.3 Å². The van der Waals surface area contributed by atoms with Crippen molar-refractivity contribution >= 4 is 47.2 Å². The van der Waals surface area contributed by atoms with Gasteiger partial charge in [0.15, 0.2) is 5.96 Å². The minimum absolute atomic E-state index is 0. The summed E-state index contributed by atoms with van der Waals surface area (Å²) in [7, 11) is 3.52. The molecule has 1 aliphatic heterocycles. The molecule has 1 aromatic heterocycles. The highest BCUT2D eigenvalue weighted by atomic mass is 127. The number of halogens is 1. The maximum absolute atomic E-state index is 12.0. The Morgan fingerprint density at radius 2 is 2.07 bits per heavy atom. The van der Waals surface area contributed by atoms with Crippen molar-refractivity contribution in [2.45, 2.75) is 56.5 Å². The molecule has 1 saturated carbocycles. The number of rotatable bonds is 7. The minimum Gasteiger partial charge on any atom is -0.376 e. The fourth-order valence-electron chi connectivity index (χ4n) is 4.05. The lowest BCUT2D eigenvalue weighted by molar-refractivity contribution is -0.127. The van der Waals surface area contributed by atoms with Crippen molar-refractivity contribution in [2.24, 2.45) is 4.99 Å². The molecular formula is C21H35IN4O2S. The van der Waals surface area contributed by atoms with E-state index >= 15 is 0 Å². The highest BCUT2D eigenvalue weighted by molar-refractivity contribution is 14.0. The normalized spacial score (nSPS) is 21.3. The first-order chi connectivity index (χ1) is 13.6. The largest absolute Gasteiger partial charge is 0.376 e. The zero-order chi connectivity index (χ0) is 19.8. The van der Waals surface area contributed by atoms with Gasteiger partial charge in [-0.25, -0.2) is 4.99 Å². The van der Waals surface area contributed by atoms with Crippen LogP contribution in [0, 0.1) is 0 Å². The summed E-state index contributed by atoms with van der Waals surface area (Å²) in [5.74, 6) is 0.719. The molecule has 0 aromatic carbocycles. The smallest absolute Gasteiger partial charge is 0.243 e. The Balaban J connectivity index is 0.00000300. The second-order valence-electron chi connectivity index (χ2n) is 8.14. The van der Waals surface area contributed by atoms with Crippen LogP contribution in [0.25, 0.3) is 0 Å². The van der Waals surface area contributed by atoms with E-state index in [-0.39, 0.29) is 47.9 Å². The van der Waals surface area contributed by atoms with Gasteiger partial charge in [-0.05, 0) is 37.1 Å². The number of nitrogens with one attached hydrogen (secondary N) is 2. The number of hydrogen-bond donors (Lipinski definition) is 2. The van der Waals surface area contributed by atoms with Crippen LogP contribution in [0.1, 0.15) is 49.8 Å². The summed E-state index contributed by atoms with van der Waals surface area (Å²) in [6.45, 7) is 2.57. The number of ether oxygens (including phenoxy) is 1. The molecule has 6 nitrogen and oxygen atoms in total. The van der Waals surface area contributed by atoms with Crippen LogP contribution in [0.5, 0.6) is 0 Å². The third-order valence-corrected chi connectivity index (χ3v) is 6.96. The second-order valence-corrected chi connectivity index (χ2v) is 9.09. The van der Waals surface area contributed by atoms with E-state index in [9.17, 15) is 4.79 Å². The molecule has 29 heavy (non-hydrogen) atoms. The van der Waals surface area contributed by atoms with Crippen molar-refractivity contribution in [2.75, 3.05) is 40.3 Å². The predicted octanol–water partition coefficient (Wildman–Crippen LogP) is 3.37. The van der Waals surface area contributed by atoms with Crippen molar-refractivity contribution in [1.29, 1.82) is 0 Å². The van der Waals surface area contributed by atoms with Crippen LogP contribution in [-0.4, -0.2) is 63.2 Å². The Morgan fingerprint density at radius 3 is 2.69 bits per heavy atom. The molecule has 2 aliphatic rings. The molecule has 2 heterocycles. The van der Waals surface area contributed by atoms with Gasteiger partial charge in [-0.3, -0.25) is 4.79 Å². The van der Waals surface area contributed by atoms with Crippen LogP contribution in [0.4, 0.5) is 0 Å². The summed E-state index contributed by atoms with van der Waals surface area (Å²) < 4.78 is 5.72. The van der Waals surface area contributed by atoms with Gasteiger partial charge in [0.05, 0.1) is 6.10 Å². The molecule has 1 aromatic rings. The van der Waals surface area contributed by atoms with E-state index in [1.165, 1.54) is 37.0 Å². The van der Waals surface area contributed by atoms with Gasteiger partial charge in [0.2, 0.25) is 5.91 Å². The molecule has 1 saturated heterocycles. The molecular weight excluding hydrogens is 499 g/mol. The number of carbonyl (C=O) groups excluding carboxylic acids is 1. The Hall–Kier alpha value is -0.870. The van der Waals surface area contributed by atoms with Gasteiger partial charge < -0.3 is 20.3 Å². The number of aliphatic imine (C=N–C) groups is 1. The van der Waals surface area contributed by atoms with Gasteiger partial charge in [-0.15, -0.1) is 35.3 Å². The van der Waals surface area contributed by atoms with E-state index in [0.717, 1.165) is 32.5 Å². The summed E-state index contributed by atoms with van der Waals surface area (Å²) in [5.41, 5.74) is 0.171. The van der Waals surface area contributed by atoms with Crippen molar-refractivity contribution in [1.82, 2.24) is 15.5 Å². The molecule has 8 heteroatoms. The molecule has 0 spiro atoms. The highest BCUT2D eigenvalue weighted by Crippen LogP contribution is 2.41. The summed E-state index contributed by atoms with van der Waals surface area (Å²) >= 11 is 1.85. The molecule has 1 atom stereocenters. The van der Waals surface area contributed by atoms with E-state index in [1.54, 1.807) is 19.0 Å². The van der Waals surface area contributed by atoms with E-state index in [2.05, 4.69) is 33.1 Å². The molecule has 3 rings (SSSR count). The third-order valence-electron chi connectivity index (χ3n) is 5.84. The predicted molar refractivity (Wildman–Crippen MR) is 130 cm³/mol. The molecule has 2 fully saturated rings. The van der Waals surface area contributed by atoms with Crippen molar-refractivity contribution < 1.29 is 9.53 Å². The van der Waals surface area contributed by atoms with Crippen LogP contribution in [-0.2, 0) is 14.9 Å². The van der Waals surface area contributed by atoms with Crippen LogP contribution in [0.2, 0.25) is 0 Å². The van der Waals surface area contributed by atoms with Gasteiger partial charge in [-0.2, -0.15) is 0 Å². The SMILES string of the molecule is CN(C)C(=O)CN=C(NCC1CCCO1)NCC1(c2cccs2)CCCCC1.I. The fourth-order valence-corrected chi connectivity index (χ4v) is 5.04. The molecule has 0 radical (unpaired) electrons. The first-order valence-electron chi connectivity index (χ1n) is 10.5. The highest BCUT2D eigenvalue weighted by Gasteiger charge is 2.35. The summed E-state index contributed by atoms with van der Waals surface area (Å²) in [5, 5.41) is 9.13. The zero-order valence-corrected chi connectivity index (χ0v) is 20.8. The Bertz CT molecular complexity index is 639. The average molecular weight is 535 g/mol. The van der Waals surface area contributed by atoms with Gasteiger partial charge >= 0.3 is 0 Å². The maximum Gasteiger partial charge on any atom is 0.243 e. The fraction of sp³-hybridized carbons (Fsp3) is 0.714. The summed E-state index contributed by atoms with van der Waals surface area (Å²) in [6, 6.07) is 4.42. The van der Waals surface area contributed by atoms with Gasteiger partial charge in [0.1, 0.15) is 6.54 Å². The third kappa shape index (κ3) is 7.10. The van der Waals surface area contributed by atoms with Gasteiger partial charge in [0, 0.05) is 44.1 Å². The lowest BCUT2D eigenvalue weighted by atomic mass is 9.73. The molecule has 2 N–H and O–H groups in total. The Labute approximate surface area is 195 Å². The van der Waals surface area contributed by atoms with Crippen LogP contribution < -0.4 is 10.6 Å². The Morgan fingerprint density at radius 1 is 1.28 bits per heavy atom. The molecule has 164 valence electrons. The van der Waals surface area contributed by atoms with Gasteiger partial charge in [-0.1, -0.05) is 25.3 Å². The standard InChI is InChI=1S/C21H34N4O2S.HI/c1-25(2)19(26)15-23-20(22-14-17-8-6-12-27-17)24-16-21(10-4-3-5-11-21)18-9-7-13-28-18;/h7,9,13,17H,3-6,8,10-12,14-16H2,1-2H3,(H2,22,23,24);1H. The van der Waals surface area contributed by atoms with Crippen molar-refractivity contribution in [3.8, 4) is 0 Å². The number of carbonyl (C=O) groups is 1. The zero-order valence-electron chi connectivity index (χ0n) is 17.6. The monoisotopic (exact) mass is 534 g/mol. The maximum atomic E-state index is 12.0. The number of likely N-dealkylation sites (N-methyl/N-ethyl adjacent to an activating group) is 1. The lowest BCUT2D eigenvalue weighted by Crippen LogP contribution is -2.48. The van der Waals surface area contributed by atoms with Crippen LogP contribution in [0.3, 0.4) is 0 Å². The van der Waals surface area contributed by atoms with Crippen molar-refractivity contribution in [3.05, 3.63) is 22.4 Å². The number of nitrogens with zero attached hydrogens (tertiary/aromatic N) is 2. The molecule has 1 aliphatic carbocycles. The first-order valence-corrected chi connectivity index (χ1v) is 11.3. The van der Waals surface area contributed by atoms with Crippen molar-refractivity contribution in [3.63, 3.8) is 0 Å². The first kappa shape index (κ1) is 24.4. The quantitative estimate of drug-likeness (QED) is 0.320. The van der Waals surface area contributed by atoms with E-state index in [0.29, 0.717) is 5.96 Å². The lowest BCUT2D eigenvalue weighted by Gasteiger charge is -2.37.